The van der Waals surface area contributed by atoms with Crippen molar-refractivity contribution in [3.05, 3.63) is 66.2 Å². The Balaban J connectivity index is 1.69. The molecule has 1 heterocycles. The van der Waals surface area contributed by atoms with Crippen LogP contribution in [0.1, 0.15) is 18.4 Å². The van der Waals surface area contributed by atoms with E-state index in [0.717, 1.165) is 17.7 Å². The quantitative estimate of drug-likeness (QED) is 0.868. The van der Waals surface area contributed by atoms with Gasteiger partial charge in [-0.3, -0.25) is 9.59 Å². The van der Waals surface area contributed by atoms with Crippen LogP contribution in [0.4, 0.5) is 5.69 Å². The van der Waals surface area contributed by atoms with Crippen molar-refractivity contribution >= 4 is 17.5 Å². The Morgan fingerprint density at radius 2 is 1.69 bits per heavy atom. The summed E-state index contributed by atoms with van der Waals surface area (Å²) in [5.41, 5.74) is 7.77. The summed E-state index contributed by atoms with van der Waals surface area (Å²) in [7, 11) is 0. The topological polar surface area (TPSA) is 66.6 Å². The lowest BCUT2D eigenvalue weighted by Crippen LogP contribution is -2.43. The lowest BCUT2D eigenvalue weighted by Gasteiger charge is -2.25. The minimum Gasteiger partial charge on any atom is -0.340 e. The fourth-order valence-electron chi connectivity index (χ4n) is 3.21. The monoisotopic (exact) mass is 351 g/mol. The van der Waals surface area contributed by atoms with Crippen molar-refractivity contribution in [2.75, 3.05) is 24.5 Å². The van der Waals surface area contributed by atoms with Crippen LogP contribution >= 0.6 is 0 Å². The summed E-state index contributed by atoms with van der Waals surface area (Å²) in [5, 5.41) is 0. The Morgan fingerprint density at radius 1 is 1.04 bits per heavy atom. The number of carbonyl (C=O) groups excluding carboxylic acids is 2. The van der Waals surface area contributed by atoms with E-state index in [1.54, 1.807) is 9.80 Å². The predicted octanol–water partition coefficient (Wildman–Crippen LogP) is 2.21. The van der Waals surface area contributed by atoms with Crippen LogP contribution in [-0.4, -0.2) is 42.4 Å². The molecule has 2 aromatic carbocycles. The van der Waals surface area contributed by atoms with Gasteiger partial charge in [-0.15, -0.1) is 0 Å². The molecule has 136 valence electrons. The molecule has 1 aliphatic rings. The first-order chi connectivity index (χ1) is 12.6. The third kappa shape index (κ3) is 4.70. The predicted molar refractivity (Wildman–Crippen MR) is 103 cm³/mol. The molecule has 5 heteroatoms. The first-order valence-corrected chi connectivity index (χ1v) is 9.06. The van der Waals surface area contributed by atoms with Gasteiger partial charge in [-0.2, -0.15) is 0 Å². The van der Waals surface area contributed by atoms with Gasteiger partial charge in [0.2, 0.25) is 11.8 Å². The first-order valence-electron chi connectivity index (χ1n) is 9.06. The van der Waals surface area contributed by atoms with Gasteiger partial charge in [-0.1, -0.05) is 48.5 Å². The summed E-state index contributed by atoms with van der Waals surface area (Å²) in [5.74, 6) is -0.0910. The highest BCUT2D eigenvalue weighted by Gasteiger charge is 2.27. The smallest absolute Gasteiger partial charge is 0.242 e. The normalized spacial score (nSPS) is 16.5. The molecule has 2 amide bonds. The van der Waals surface area contributed by atoms with Gasteiger partial charge in [-0.25, -0.2) is 0 Å². The molecule has 26 heavy (non-hydrogen) atoms. The number of anilines is 1. The van der Waals surface area contributed by atoms with Crippen molar-refractivity contribution in [1.82, 2.24) is 4.90 Å². The Labute approximate surface area is 154 Å². The molecule has 1 fully saturated rings. The third-order valence-corrected chi connectivity index (χ3v) is 4.71. The molecule has 1 saturated heterocycles. The number of nitrogens with two attached hydrogens (primary N) is 1. The molecule has 0 bridgehead atoms. The number of amides is 2. The van der Waals surface area contributed by atoms with Crippen molar-refractivity contribution in [3.63, 3.8) is 0 Å². The zero-order valence-electron chi connectivity index (χ0n) is 14.9. The number of likely N-dealkylation sites (tertiary alicyclic amines) is 1. The van der Waals surface area contributed by atoms with Crippen LogP contribution in [0.15, 0.2) is 60.7 Å². The minimum absolute atomic E-state index is 0.0397. The zero-order chi connectivity index (χ0) is 18.4. The van der Waals surface area contributed by atoms with E-state index in [-0.39, 0.29) is 24.4 Å². The highest BCUT2D eigenvalue weighted by molar-refractivity contribution is 5.98. The summed E-state index contributed by atoms with van der Waals surface area (Å²) in [6.07, 6.45) is 1.84. The van der Waals surface area contributed by atoms with Crippen LogP contribution in [0.25, 0.3) is 0 Å². The largest absolute Gasteiger partial charge is 0.340 e. The minimum atomic E-state index is -0.0464. The van der Waals surface area contributed by atoms with Crippen molar-refractivity contribution in [1.29, 1.82) is 0 Å². The van der Waals surface area contributed by atoms with Crippen molar-refractivity contribution in [2.24, 2.45) is 5.73 Å². The van der Waals surface area contributed by atoms with E-state index in [9.17, 15) is 9.59 Å². The first kappa shape index (κ1) is 18.1. The molecule has 3 rings (SSSR count). The Kier molecular flexibility index (Phi) is 6.02. The Hall–Kier alpha value is -2.66. The van der Waals surface area contributed by atoms with Crippen molar-refractivity contribution in [3.8, 4) is 0 Å². The van der Waals surface area contributed by atoms with Crippen LogP contribution in [0, 0.1) is 0 Å². The van der Waals surface area contributed by atoms with Crippen LogP contribution in [0.5, 0.6) is 0 Å². The molecular formula is C21H25N3O2. The number of hydrogen-bond donors (Lipinski definition) is 1. The Bertz CT molecular complexity index is 733. The molecule has 1 unspecified atom stereocenters. The van der Waals surface area contributed by atoms with Crippen LogP contribution < -0.4 is 10.6 Å². The lowest BCUT2D eigenvalue weighted by molar-refractivity contribution is -0.130. The summed E-state index contributed by atoms with van der Waals surface area (Å²) in [4.78, 5) is 28.8. The van der Waals surface area contributed by atoms with Gasteiger partial charge in [0.15, 0.2) is 0 Å². The second-order valence-electron chi connectivity index (χ2n) is 6.69. The fraction of sp³-hybridized carbons (Fsp3) is 0.333. The molecule has 0 aromatic heterocycles. The van der Waals surface area contributed by atoms with Crippen LogP contribution in [-0.2, 0) is 16.0 Å². The van der Waals surface area contributed by atoms with E-state index in [0.29, 0.717) is 25.9 Å². The molecule has 2 N–H and O–H groups in total. The lowest BCUT2D eigenvalue weighted by atomic mass is 10.1. The van der Waals surface area contributed by atoms with E-state index < -0.39 is 0 Å². The van der Waals surface area contributed by atoms with E-state index in [1.807, 2.05) is 60.7 Å². The molecule has 5 nitrogen and oxygen atoms in total. The average Bonchev–Trinajstić information content (AvgIpc) is 3.12. The molecule has 0 saturated carbocycles. The fourth-order valence-corrected chi connectivity index (χ4v) is 3.21. The van der Waals surface area contributed by atoms with E-state index >= 15 is 0 Å². The summed E-state index contributed by atoms with van der Waals surface area (Å²) in [6.45, 7) is 1.30. The maximum Gasteiger partial charge on any atom is 0.242 e. The van der Waals surface area contributed by atoms with Crippen molar-refractivity contribution in [2.45, 2.75) is 25.3 Å². The number of hydrogen-bond acceptors (Lipinski definition) is 3. The van der Waals surface area contributed by atoms with E-state index in [1.165, 1.54) is 0 Å². The zero-order valence-corrected chi connectivity index (χ0v) is 14.9. The molecule has 0 radical (unpaired) electrons. The number of benzene rings is 2. The molecule has 2 aromatic rings. The molecule has 0 spiro atoms. The summed E-state index contributed by atoms with van der Waals surface area (Å²) < 4.78 is 0. The van der Waals surface area contributed by atoms with Gasteiger partial charge in [0.1, 0.15) is 6.54 Å². The average molecular weight is 351 g/mol. The highest BCUT2D eigenvalue weighted by Crippen LogP contribution is 2.17. The molecule has 1 aliphatic heterocycles. The van der Waals surface area contributed by atoms with Gasteiger partial charge < -0.3 is 15.5 Å². The van der Waals surface area contributed by atoms with Gasteiger partial charge in [-0.05, 0) is 30.5 Å². The number of aryl methyl sites for hydroxylation is 1. The maximum atomic E-state index is 12.9. The third-order valence-electron chi connectivity index (χ3n) is 4.71. The van der Waals surface area contributed by atoms with Gasteiger partial charge >= 0.3 is 0 Å². The molecule has 1 atom stereocenters. The molecular weight excluding hydrogens is 326 g/mol. The van der Waals surface area contributed by atoms with E-state index in [2.05, 4.69) is 0 Å². The second-order valence-corrected chi connectivity index (χ2v) is 6.69. The number of carbonyl (C=O) groups is 2. The summed E-state index contributed by atoms with van der Waals surface area (Å²) >= 11 is 0. The van der Waals surface area contributed by atoms with Crippen LogP contribution in [0.2, 0.25) is 0 Å². The van der Waals surface area contributed by atoms with Crippen molar-refractivity contribution < 1.29 is 9.59 Å². The maximum absolute atomic E-state index is 12.9. The second kappa shape index (κ2) is 8.63. The summed E-state index contributed by atoms with van der Waals surface area (Å²) in [6, 6.07) is 19.3. The van der Waals surface area contributed by atoms with Crippen LogP contribution in [0.3, 0.4) is 0 Å². The number of nitrogens with zero attached hydrogens (tertiary/aromatic N) is 2. The van der Waals surface area contributed by atoms with Gasteiger partial charge in [0.25, 0.3) is 0 Å². The highest BCUT2D eigenvalue weighted by atomic mass is 16.2. The number of para-hydroxylation sites is 1. The standard InChI is InChI=1S/C21H25N3O2/c22-18-13-14-23(15-18)21(26)16-24(19-9-5-2-6-10-19)20(25)12-11-17-7-3-1-4-8-17/h1-10,18H,11-16,22H2. The SMILES string of the molecule is NC1CCN(C(=O)CN(C(=O)CCc2ccccc2)c2ccccc2)C1. The Morgan fingerprint density at radius 3 is 2.31 bits per heavy atom. The molecule has 0 aliphatic carbocycles. The van der Waals surface area contributed by atoms with Gasteiger partial charge in [0.05, 0.1) is 0 Å². The van der Waals surface area contributed by atoms with Gasteiger partial charge in [0, 0.05) is 31.2 Å². The number of rotatable bonds is 6. The van der Waals surface area contributed by atoms with E-state index in [4.69, 9.17) is 5.73 Å².